The molecule has 0 atom stereocenters. The van der Waals surface area contributed by atoms with Crippen molar-refractivity contribution in [2.45, 2.75) is 6.92 Å². The molecular formula is C15H12O4. The number of aliphatic carboxylic acids is 1. The van der Waals surface area contributed by atoms with E-state index in [0.29, 0.717) is 5.56 Å². The number of carboxylic acid groups (broad SMARTS) is 1. The van der Waals surface area contributed by atoms with Gasteiger partial charge in [-0.2, -0.15) is 0 Å². The van der Waals surface area contributed by atoms with E-state index in [4.69, 9.17) is 9.52 Å². The van der Waals surface area contributed by atoms with Crippen molar-refractivity contribution >= 4 is 12.0 Å². The number of hydrogen-bond acceptors (Lipinski definition) is 3. The number of carboxylic acids is 1. The summed E-state index contributed by atoms with van der Waals surface area (Å²) in [4.78, 5) is 23.0. The monoisotopic (exact) mass is 256 g/mol. The molecule has 0 unspecified atom stereocenters. The van der Waals surface area contributed by atoms with E-state index in [9.17, 15) is 9.59 Å². The fraction of sp³-hybridized carbons (Fsp3) is 0.0667. The van der Waals surface area contributed by atoms with Gasteiger partial charge in [0.1, 0.15) is 12.5 Å². The lowest BCUT2D eigenvalue weighted by Crippen LogP contribution is -2.08. The van der Waals surface area contributed by atoms with E-state index >= 15 is 0 Å². The highest BCUT2D eigenvalue weighted by Gasteiger charge is 2.08. The Morgan fingerprint density at radius 1 is 1.21 bits per heavy atom. The molecule has 0 aliphatic heterocycles. The Balaban J connectivity index is 2.54. The predicted octanol–water partition coefficient (Wildman–Crippen LogP) is 2.79. The number of benzene rings is 1. The maximum atomic E-state index is 12.2. The van der Waals surface area contributed by atoms with Crippen LogP contribution in [0.2, 0.25) is 0 Å². The Hall–Kier alpha value is -2.62. The molecule has 2 aromatic rings. The summed E-state index contributed by atoms with van der Waals surface area (Å²) < 4.78 is 5.12. The van der Waals surface area contributed by atoms with E-state index in [2.05, 4.69) is 0 Å². The van der Waals surface area contributed by atoms with Crippen LogP contribution in [-0.2, 0) is 4.79 Å². The molecule has 19 heavy (non-hydrogen) atoms. The molecule has 0 saturated heterocycles. The molecule has 0 fully saturated rings. The first-order valence-corrected chi connectivity index (χ1v) is 5.67. The second kappa shape index (κ2) is 5.35. The van der Waals surface area contributed by atoms with Crippen LogP contribution in [0.3, 0.4) is 0 Å². The molecule has 0 bridgehead atoms. The highest BCUT2D eigenvalue weighted by molar-refractivity contribution is 5.91. The van der Waals surface area contributed by atoms with Gasteiger partial charge >= 0.3 is 5.97 Å². The molecule has 96 valence electrons. The van der Waals surface area contributed by atoms with E-state index in [1.54, 1.807) is 12.1 Å². The first-order valence-electron chi connectivity index (χ1n) is 5.67. The minimum absolute atomic E-state index is 0.0810. The van der Waals surface area contributed by atoms with Gasteiger partial charge in [0.2, 0.25) is 0 Å². The molecular weight excluding hydrogens is 244 g/mol. The smallest absolute Gasteiger partial charge is 0.331 e. The fourth-order valence-electron chi connectivity index (χ4n) is 1.65. The number of hydrogen-bond donors (Lipinski definition) is 1. The second-order valence-corrected chi connectivity index (χ2v) is 4.07. The average Bonchev–Trinajstić information content (AvgIpc) is 2.42. The van der Waals surface area contributed by atoms with Crippen molar-refractivity contribution in [1.82, 2.24) is 0 Å². The summed E-state index contributed by atoms with van der Waals surface area (Å²) in [6.45, 7) is 1.43. The Bertz CT molecular complexity index is 681. The van der Waals surface area contributed by atoms with E-state index < -0.39 is 5.97 Å². The van der Waals surface area contributed by atoms with E-state index in [-0.39, 0.29) is 16.6 Å². The third-order valence-corrected chi connectivity index (χ3v) is 2.68. The van der Waals surface area contributed by atoms with Crippen LogP contribution in [0, 0.1) is 0 Å². The topological polar surface area (TPSA) is 67.5 Å². The molecule has 1 aromatic carbocycles. The zero-order chi connectivity index (χ0) is 13.8. The van der Waals surface area contributed by atoms with Crippen LogP contribution < -0.4 is 5.43 Å². The lowest BCUT2D eigenvalue weighted by Gasteiger charge is -2.01. The SMILES string of the molecule is C/C(=C\c1cocc(-c2ccccc2)c1=O)C(=O)O. The third-order valence-electron chi connectivity index (χ3n) is 2.68. The van der Waals surface area contributed by atoms with Crippen LogP contribution in [0.25, 0.3) is 17.2 Å². The molecule has 4 nitrogen and oxygen atoms in total. The highest BCUT2D eigenvalue weighted by Crippen LogP contribution is 2.16. The van der Waals surface area contributed by atoms with Gasteiger partial charge in [-0.25, -0.2) is 4.79 Å². The first-order chi connectivity index (χ1) is 9.09. The van der Waals surface area contributed by atoms with E-state index in [0.717, 1.165) is 5.56 Å². The third kappa shape index (κ3) is 2.80. The van der Waals surface area contributed by atoms with Gasteiger partial charge in [-0.05, 0) is 18.6 Å². The van der Waals surface area contributed by atoms with Gasteiger partial charge in [0.05, 0.1) is 11.1 Å². The maximum absolute atomic E-state index is 12.2. The normalized spacial score (nSPS) is 11.3. The lowest BCUT2D eigenvalue weighted by atomic mass is 10.1. The predicted molar refractivity (Wildman–Crippen MR) is 71.7 cm³/mol. The molecule has 0 saturated carbocycles. The van der Waals surface area contributed by atoms with Crippen molar-refractivity contribution in [1.29, 1.82) is 0 Å². The summed E-state index contributed by atoms with van der Waals surface area (Å²) in [6, 6.07) is 9.08. The zero-order valence-corrected chi connectivity index (χ0v) is 10.3. The van der Waals surface area contributed by atoms with Gasteiger partial charge < -0.3 is 9.52 Å². The molecule has 0 radical (unpaired) electrons. The fourth-order valence-corrected chi connectivity index (χ4v) is 1.65. The Labute approximate surface area is 109 Å². The molecule has 1 N–H and O–H groups in total. The highest BCUT2D eigenvalue weighted by atomic mass is 16.4. The largest absolute Gasteiger partial charge is 0.478 e. The lowest BCUT2D eigenvalue weighted by molar-refractivity contribution is -0.132. The summed E-state index contributed by atoms with van der Waals surface area (Å²) in [5.41, 5.74) is 1.20. The Kier molecular flexibility index (Phi) is 3.61. The van der Waals surface area contributed by atoms with Gasteiger partial charge in [-0.3, -0.25) is 4.79 Å². The summed E-state index contributed by atoms with van der Waals surface area (Å²) in [6.07, 6.45) is 3.92. The minimum Gasteiger partial charge on any atom is -0.478 e. The van der Waals surface area contributed by atoms with Crippen molar-refractivity contribution in [3.63, 3.8) is 0 Å². The van der Waals surface area contributed by atoms with Gasteiger partial charge in [0.25, 0.3) is 0 Å². The van der Waals surface area contributed by atoms with Crippen molar-refractivity contribution in [2.24, 2.45) is 0 Å². The van der Waals surface area contributed by atoms with Crippen LogP contribution >= 0.6 is 0 Å². The van der Waals surface area contributed by atoms with Crippen LogP contribution in [0.1, 0.15) is 12.5 Å². The minimum atomic E-state index is -1.07. The van der Waals surface area contributed by atoms with Crippen LogP contribution in [0.4, 0.5) is 0 Å². The van der Waals surface area contributed by atoms with Crippen molar-refractivity contribution < 1.29 is 14.3 Å². The molecule has 0 aliphatic rings. The second-order valence-electron chi connectivity index (χ2n) is 4.07. The number of carbonyl (C=O) groups is 1. The van der Waals surface area contributed by atoms with Gasteiger partial charge in [0.15, 0.2) is 5.43 Å². The van der Waals surface area contributed by atoms with Crippen LogP contribution in [0.15, 0.2) is 57.6 Å². The van der Waals surface area contributed by atoms with E-state index in [1.807, 2.05) is 18.2 Å². The van der Waals surface area contributed by atoms with Crippen molar-refractivity contribution in [3.8, 4) is 11.1 Å². The van der Waals surface area contributed by atoms with Gasteiger partial charge in [-0.1, -0.05) is 30.3 Å². The van der Waals surface area contributed by atoms with Gasteiger partial charge in [0, 0.05) is 5.57 Å². The first kappa shape index (κ1) is 12.8. The molecule has 0 aliphatic carbocycles. The standard InChI is InChI=1S/C15H12O4/c1-10(15(17)18)7-12-8-19-9-13(14(12)16)11-5-3-2-4-6-11/h2-9H,1H3,(H,17,18)/b10-7+. The van der Waals surface area contributed by atoms with Crippen LogP contribution in [-0.4, -0.2) is 11.1 Å². The van der Waals surface area contributed by atoms with Crippen molar-refractivity contribution in [3.05, 3.63) is 64.2 Å². The van der Waals surface area contributed by atoms with Gasteiger partial charge in [-0.15, -0.1) is 0 Å². The summed E-state index contributed by atoms with van der Waals surface area (Å²) in [5, 5.41) is 8.82. The zero-order valence-electron chi connectivity index (χ0n) is 10.3. The molecule has 0 spiro atoms. The summed E-state index contributed by atoms with van der Waals surface area (Å²) >= 11 is 0. The molecule has 2 rings (SSSR count). The molecule has 1 heterocycles. The van der Waals surface area contributed by atoms with E-state index in [1.165, 1.54) is 25.5 Å². The molecule has 4 heteroatoms. The average molecular weight is 256 g/mol. The summed E-state index contributed by atoms with van der Waals surface area (Å²) in [7, 11) is 0. The maximum Gasteiger partial charge on any atom is 0.331 e. The molecule has 0 amide bonds. The van der Waals surface area contributed by atoms with Crippen LogP contribution in [0.5, 0.6) is 0 Å². The number of rotatable bonds is 3. The quantitative estimate of drug-likeness (QED) is 0.857. The Morgan fingerprint density at radius 2 is 1.89 bits per heavy atom. The Morgan fingerprint density at radius 3 is 2.53 bits per heavy atom. The molecule has 1 aromatic heterocycles. The summed E-state index contributed by atoms with van der Waals surface area (Å²) in [5.74, 6) is -1.07. The van der Waals surface area contributed by atoms with Crippen molar-refractivity contribution in [2.75, 3.05) is 0 Å².